The number of hydrogen-bond acceptors (Lipinski definition) is 5. The van der Waals surface area contributed by atoms with Crippen molar-refractivity contribution in [1.29, 1.82) is 0 Å². The second-order valence-electron chi connectivity index (χ2n) is 8.70. The zero-order valence-corrected chi connectivity index (χ0v) is 20.3. The Balaban J connectivity index is 1.49. The fraction of sp³-hybridized carbons (Fsp3) is 0.462. The molecule has 34 heavy (non-hydrogen) atoms. The van der Waals surface area contributed by atoms with Crippen LogP contribution >= 0.6 is 0 Å². The molecule has 1 aliphatic rings. The molecule has 0 spiro atoms. The highest BCUT2D eigenvalue weighted by Crippen LogP contribution is 2.23. The van der Waals surface area contributed by atoms with Crippen LogP contribution in [-0.2, 0) is 22.5 Å². The van der Waals surface area contributed by atoms with Crippen LogP contribution in [0.5, 0.6) is 11.5 Å². The smallest absolute Gasteiger partial charge is 0.336 e. The summed E-state index contributed by atoms with van der Waals surface area (Å²) in [5, 5.41) is 9.48. The molecule has 3 rings (SSSR count). The second kappa shape index (κ2) is 11.2. The molecule has 0 bridgehead atoms. The summed E-state index contributed by atoms with van der Waals surface area (Å²) in [6, 6.07) is 15.2. The average Bonchev–Trinajstić information content (AvgIpc) is 3.08. The first-order chi connectivity index (χ1) is 16.3. The van der Waals surface area contributed by atoms with Crippen molar-refractivity contribution >= 4 is 12.0 Å². The van der Waals surface area contributed by atoms with Crippen LogP contribution in [0, 0.1) is 0 Å². The molecule has 1 heterocycles. The van der Waals surface area contributed by atoms with Gasteiger partial charge in [-0.3, -0.25) is 0 Å². The van der Waals surface area contributed by atoms with Crippen molar-refractivity contribution in [3.63, 3.8) is 0 Å². The van der Waals surface area contributed by atoms with Gasteiger partial charge in [-0.25, -0.2) is 9.59 Å². The van der Waals surface area contributed by atoms with Crippen molar-refractivity contribution in [2.24, 2.45) is 0 Å². The van der Waals surface area contributed by atoms with Crippen LogP contribution in [0.2, 0.25) is 0 Å². The van der Waals surface area contributed by atoms with Gasteiger partial charge in [0.1, 0.15) is 11.5 Å². The maximum Gasteiger partial charge on any atom is 0.336 e. The molecule has 0 saturated carbocycles. The van der Waals surface area contributed by atoms with Crippen LogP contribution < -0.4 is 9.47 Å². The van der Waals surface area contributed by atoms with Gasteiger partial charge < -0.3 is 29.1 Å². The summed E-state index contributed by atoms with van der Waals surface area (Å²) in [6.45, 7) is 5.38. The van der Waals surface area contributed by atoms with Gasteiger partial charge >= 0.3 is 12.0 Å². The number of amides is 2. The van der Waals surface area contributed by atoms with Gasteiger partial charge in [-0.2, -0.15) is 0 Å². The minimum atomic E-state index is -1.26. The molecule has 2 aromatic rings. The normalized spacial score (nSPS) is 17.5. The van der Waals surface area contributed by atoms with Crippen LogP contribution in [0.4, 0.5) is 4.79 Å². The molecule has 8 heteroatoms. The number of carboxylic acids is 1. The quantitative estimate of drug-likeness (QED) is 0.507. The maximum absolute atomic E-state index is 12.7. The van der Waals surface area contributed by atoms with E-state index in [0.29, 0.717) is 38.5 Å². The SMILES string of the molecule is CCOC(C)(Cc1ccc(OCCC2CN(Cc3ccc(OC)cc3)C(=O)N2C)cc1)C(=O)O. The van der Waals surface area contributed by atoms with E-state index < -0.39 is 11.6 Å². The average molecular weight is 471 g/mol. The lowest BCUT2D eigenvalue weighted by Crippen LogP contribution is -2.40. The number of urea groups is 1. The molecule has 1 aliphatic heterocycles. The highest BCUT2D eigenvalue weighted by atomic mass is 16.5. The first-order valence-corrected chi connectivity index (χ1v) is 11.5. The molecule has 2 unspecified atom stereocenters. The van der Waals surface area contributed by atoms with Crippen molar-refractivity contribution in [3.8, 4) is 11.5 Å². The molecule has 2 aromatic carbocycles. The van der Waals surface area contributed by atoms with Gasteiger partial charge in [-0.15, -0.1) is 0 Å². The number of benzene rings is 2. The summed E-state index contributed by atoms with van der Waals surface area (Å²) in [4.78, 5) is 27.8. The molecule has 8 nitrogen and oxygen atoms in total. The number of ether oxygens (including phenoxy) is 3. The van der Waals surface area contributed by atoms with Gasteiger partial charge in [0.2, 0.25) is 0 Å². The van der Waals surface area contributed by atoms with E-state index in [4.69, 9.17) is 14.2 Å². The minimum absolute atomic E-state index is 0.0148. The molecule has 1 N–H and O–H groups in total. The molecule has 1 saturated heterocycles. The van der Waals surface area contributed by atoms with Crippen LogP contribution in [0.1, 0.15) is 31.4 Å². The van der Waals surface area contributed by atoms with Crippen molar-refractivity contribution in [3.05, 3.63) is 59.7 Å². The third kappa shape index (κ3) is 6.20. The standard InChI is InChI=1S/C26H34N2O6/c1-5-34-26(2,24(29)30)16-19-6-12-23(13-7-19)33-15-14-21-18-28(25(31)27(21)3)17-20-8-10-22(32-4)11-9-20/h6-13,21H,5,14-18H2,1-4H3,(H,29,30). The Labute approximate surface area is 201 Å². The molecule has 184 valence electrons. The molecular weight excluding hydrogens is 436 g/mol. The van der Waals surface area contributed by atoms with Gasteiger partial charge in [0, 0.05) is 39.6 Å². The summed E-state index contributed by atoms with van der Waals surface area (Å²) in [7, 11) is 3.46. The zero-order valence-electron chi connectivity index (χ0n) is 20.3. The lowest BCUT2D eigenvalue weighted by atomic mass is 9.96. The number of aliphatic carboxylic acids is 1. The van der Waals surface area contributed by atoms with E-state index in [1.807, 2.05) is 60.5 Å². The number of carbonyl (C=O) groups excluding carboxylic acids is 1. The monoisotopic (exact) mass is 470 g/mol. The highest BCUT2D eigenvalue weighted by Gasteiger charge is 2.35. The minimum Gasteiger partial charge on any atom is -0.497 e. The Morgan fingerprint density at radius 1 is 1.09 bits per heavy atom. The molecule has 0 radical (unpaired) electrons. The van der Waals surface area contributed by atoms with Crippen LogP contribution in [0.3, 0.4) is 0 Å². The van der Waals surface area contributed by atoms with E-state index >= 15 is 0 Å². The Hall–Kier alpha value is -3.26. The molecule has 0 aliphatic carbocycles. The topological polar surface area (TPSA) is 88.5 Å². The van der Waals surface area contributed by atoms with E-state index in [1.165, 1.54) is 0 Å². The molecule has 0 aromatic heterocycles. The highest BCUT2D eigenvalue weighted by molar-refractivity contribution is 5.77. The van der Waals surface area contributed by atoms with Crippen molar-refractivity contribution in [2.75, 3.05) is 33.9 Å². The summed E-state index contributed by atoms with van der Waals surface area (Å²) in [5.41, 5.74) is 0.665. The number of methoxy groups -OCH3 is 1. The van der Waals surface area contributed by atoms with Gasteiger partial charge in [-0.05, 0) is 49.2 Å². The molecule has 2 atom stereocenters. The zero-order chi connectivity index (χ0) is 24.7. The van der Waals surface area contributed by atoms with Crippen molar-refractivity contribution in [1.82, 2.24) is 9.80 Å². The fourth-order valence-electron chi connectivity index (χ4n) is 4.12. The van der Waals surface area contributed by atoms with Gasteiger partial charge in [0.25, 0.3) is 0 Å². The second-order valence-corrected chi connectivity index (χ2v) is 8.70. The van der Waals surface area contributed by atoms with E-state index in [1.54, 1.807) is 25.9 Å². The Morgan fingerprint density at radius 3 is 2.29 bits per heavy atom. The Kier molecular flexibility index (Phi) is 8.39. The number of nitrogens with zero attached hydrogens (tertiary/aromatic N) is 2. The van der Waals surface area contributed by atoms with Gasteiger partial charge in [0.15, 0.2) is 5.60 Å². The van der Waals surface area contributed by atoms with Crippen molar-refractivity contribution < 1.29 is 28.9 Å². The fourth-order valence-corrected chi connectivity index (χ4v) is 4.12. The maximum atomic E-state index is 12.7. The Morgan fingerprint density at radius 2 is 1.71 bits per heavy atom. The number of carboxylic acid groups (broad SMARTS) is 1. The summed E-state index contributed by atoms with van der Waals surface area (Å²) in [5.74, 6) is 0.520. The summed E-state index contributed by atoms with van der Waals surface area (Å²) < 4.78 is 16.5. The molecule has 2 amide bonds. The molecule has 1 fully saturated rings. The van der Waals surface area contributed by atoms with Crippen LogP contribution in [0.25, 0.3) is 0 Å². The summed E-state index contributed by atoms with van der Waals surface area (Å²) in [6.07, 6.45) is 0.986. The van der Waals surface area contributed by atoms with Crippen LogP contribution in [0.15, 0.2) is 48.5 Å². The predicted molar refractivity (Wildman–Crippen MR) is 128 cm³/mol. The van der Waals surface area contributed by atoms with E-state index in [9.17, 15) is 14.7 Å². The number of rotatable bonds is 12. The number of hydrogen-bond donors (Lipinski definition) is 1. The van der Waals surface area contributed by atoms with Crippen LogP contribution in [-0.4, -0.2) is 72.5 Å². The lowest BCUT2D eigenvalue weighted by molar-refractivity contribution is -0.162. The lowest BCUT2D eigenvalue weighted by Gasteiger charge is -2.24. The Bertz CT molecular complexity index is 962. The third-order valence-electron chi connectivity index (χ3n) is 6.18. The van der Waals surface area contributed by atoms with Crippen molar-refractivity contribution in [2.45, 2.75) is 44.9 Å². The first-order valence-electron chi connectivity index (χ1n) is 11.5. The predicted octanol–water partition coefficient (Wildman–Crippen LogP) is 3.82. The number of likely N-dealkylation sites (N-methyl/N-ethyl adjacent to an activating group) is 1. The largest absolute Gasteiger partial charge is 0.497 e. The molecular formula is C26H34N2O6. The van der Waals surface area contributed by atoms with Gasteiger partial charge in [-0.1, -0.05) is 24.3 Å². The van der Waals surface area contributed by atoms with Gasteiger partial charge in [0.05, 0.1) is 19.8 Å². The van der Waals surface area contributed by atoms with E-state index in [0.717, 1.165) is 16.9 Å². The van der Waals surface area contributed by atoms with E-state index in [-0.39, 0.29) is 18.5 Å². The first kappa shape index (κ1) is 25.4. The number of carbonyl (C=O) groups is 2. The van der Waals surface area contributed by atoms with E-state index in [2.05, 4.69) is 0 Å². The third-order valence-corrected chi connectivity index (χ3v) is 6.18. The summed E-state index contributed by atoms with van der Waals surface area (Å²) >= 11 is 0.